The summed E-state index contributed by atoms with van der Waals surface area (Å²) in [4.78, 5) is 26.4. The Hall–Kier alpha value is -1.71. The van der Waals surface area contributed by atoms with Gasteiger partial charge >= 0.3 is 5.97 Å². The molecule has 0 radical (unpaired) electrons. The molecule has 2 atom stereocenters. The normalized spacial score (nSPS) is 19.5. The largest absolute Gasteiger partial charge is 0.452 e. The fourth-order valence-electron chi connectivity index (χ4n) is 3.41. The first-order valence-corrected chi connectivity index (χ1v) is 11.5. The molecule has 0 aliphatic carbocycles. The minimum absolute atomic E-state index is 0.137. The Morgan fingerprint density at radius 1 is 1.25 bits per heavy atom. The minimum atomic E-state index is -0.510. The van der Waals surface area contributed by atoms with E-state index in [0.717, 1.165) is 29.5 Å². The number of nitrogens with zero attached hydrogens (tertiary/aromatic N) is 3. The van der Waals surface area contributed by atoms with Crippen LogP contribution in [0.1, 0.15) is 30.6 Å². The molecule has 1 aromatic carbocycles. The van der Waals surface area contributed by atoms with Crippen LogP contribution in [0.2, 0.25) is 0 Å². The number of amides is 1. The van der Waals surface area contributed by atoms with Crippen LogP contribution in [0.3, 0.4) is 0 Å². The highest BCUT2D eigenvalue weighted by Crippen LogP contribution is 2.22. The second-order valence-electron chi connectivity index (χ2n) is 7.12. The number of carbonyl (C=O) groups excluding carboxylic acids is 2. The lowest BCUT2D eigenvalue weighted by Gasteiger charge is -2.34. The first kappa shape index (κ1) is 21.0. The first-order valence-electron chi connectivity index (χ1n) is 9.07. The quantitative estimate of drug-likeness (QED) is 0.400. The smallest absolute Gasteiger partial charge is 0.338 e. The molecule has 1 aliphatic rings. The summed E-state index contributed by atoms with van der Waals surface area (Å²) in [5.74, 6) is 0.298. The monoisotopic (exact) mass is 437 g/mol. The average Bonchev–Trinajstić information content (AvgIpc) is 3.06. The highest BCUT2D eigenvalue weighted by Gasteiger charge is 2.26. The van der Waals surface area contributed by atoms with Crippen LogP contribution in [0.15, 0.2) is 28.6 Å². The van der Waals surface area contributed by atoms with Crippen LogP contribution in [0.5, 0.6) is 0 Å². The van der Waals surface area contributed by atoms with E-state index in [1.807, 2.05) is 6.26 Å². The van der Waals surface area contributed by atoms with Crippen molar-refractivity contribution < 1.29 is 14.3 Å². The number of ether oxygens (including phenoxy) is 1. The van der Waals surface area contributed by atoms with Crippen molar-refractivity contribution in [1.82, 2.24) is 14.7 Å². The van der Waals surface area contributed by atoms with Gasteiger partial charge < -0.3 is 9.64 Å². The number of thioether (sulfide) groups is 1. The number of piperidine rings is 1. The molecule has 9 heteroatoms. The van der Waals surface area contributed by atoms with Gasteiger partial charge in [-0.25, -0.2) is 9.48 Å². The van der Waals surface area contributed by atoms with Crippen molar-refractivity contribution in [1.29, 1.82) is 0 Å². The maximum absolute atomic E-state index is 12.4. The Kier molecular flexibility index (Phi) is 6.90. The minimum Gasteiger partial charge on any atom is -0.452 e. The summed E-state index contributed by atoms with van der Waals surface area (Å²) >= 11 is 8.30. The number of benzene rings is 1. The molecular formula is C19H23N3O3S3. The lowest BCUT2D eigenvalue weighted by atomic mass is 9.92. The number of esters is 1. The van der Waals surface area contributed by atoms with E-state index < -0.39 is 5.97 Å². The van der Waals surface area contributed by atoms with Crippen LogP contribution in [0.4, 0.5) is 0 Å². The van der Waals surface area contributed by atoms with Crippen molar-refractivity contribution >= 4 is 47.2 Å². The molecule has 0 N–H and O–H groups in total. The van der Waals surface area contributed by atoms with Crippen molar-refractivity contribution in [3.63, 3.8) is 0 Å². The van der Waals surface area contributed by atoms with Crippen molar-refractivity contribution in [2.24, 2.45) is 11.8 Å². The summed E-state index contributed by atoms with van der Waals surface area (Å²) in [5, 5.41) is 4.42. The molecule has 1 aliphatic heterocycles. The second kappa shape index (κ2) is 9.19. The van der Waals surface area contributed by atoms with Crippen molar-refractivity contribution in [2.75, 3.05) is 26.0 Å². The Bertz CT molecular complexity index is 897. The van der Waals surface area contributed by atoms with Gasteiger partial charge in [0.25, 0.3) is 5.91 Å². The Labute approximate surface area is 177 Å². The number of rotatable bonds is 5. The SMILES string of the molecule is CSc1nn(-c2ccc(C(=O)OCC(=O)N3CC(C)CC(C)C3)cc2)c(=S)s1. The van der Waals surface area contributed by atoms with Gasteiger partial charge in [-0.3, -0.25) is 4.79 Å². The van der Waals surface area contributed by atoms with Gasteiger partial charge in [0.15, 0.2) is 14.9 Å². The molecule has 0 spiro atoms. The van der Waals surface area contributed by atoms with Crippen LogP contribution in [-0.2, 0) is 9.53 Å². The summed E-state index contributed by atoms with van der Waals surface area (Å²) in [6, 6.07) is 6.86. The first-order chi connectivity index (χ1) is 13.4. The molecule has 6 nitrogen and oxygen atoms in total. The summed E-state index contributed by atoms with van der Waals surface area (Å²) in [6.07, 6.45) is 3.07. The second-order valence-corrected chi connectivity index (χ2v) is 9.79. The van der Waals surface area contributed by atoms with Gasteiger partial charge in [0, 0.05) is 13.1 Å². The predicted octanol–water partition coefficient (Wildman–Crippen LogP) is 4.05. The van der Waals surface area contributed by atoms with E-state index >= 15 is 0 Å². The molecule has 2 unspecified atom stereocenters. The Morgan fingerprint density at radius 2 is 1.89 bits per heavy atom. The highest BCUT2D eigenvalue weighted by molar-refractivity contribution is 8.00. The molecule has 150 valence electrons. The lowest BCUT2D eigenvalue weighted by molar-refractivity contribution is -0.137. The third-order valence-electron chi connectivity index (χ3n) is 4.60. The Morgan fingerprint density at radius 3 is 2.46 bits per heavy atom. The van der Waals surface area contributed by atoms with Gasteiger partial charge in [0.1, 0.15) is 0 Å². The average molecular weight is 438 g/mol. The van der Waals surface area contributed by atoms with Crippen LogP contribution >= 0.6 is 35.3 Å². The van der Waals surface area contributed by atoms with Gasteiger partial charge in [-0.2, -0.15) is 0 Å². The third-order valence-corrected chi connectivity index (χ3v) is 6.81. The van der Waals surface area contributed by atoms with E-state index in [4.69, 9.17) is 17.0 Å². The maximum atomic E-state index is 12.4. The molecule has 28 heavy (non-hydrogen) atoms. The number of carbonyl (C=O) groups is 2. The number of hydrogen-bond donors (Lipinski definition) is 0. The van der Waals surface area contributed by atoms with E-state index in [2.05, 4.69) is 18.9 Å². The van der Waals surface area contributed by atoms with Gasteiger partial charge in [0.05, 0.1) is 11.3 Å². The van der Waals surface area contributed by atoms with Gasteiger partial charge in [-0.15, -0.1) is 5.10 Å². The fraction of sp³-hybridized carbons (Fsp3) is 0.474. The maximum Gasteiger partial charge on any atom is 0.338 e. The molecule has 0 saturated carbocycles. The standard InChI is InChI=1S/C19H23N3O3S3/c1-12-8-13(2)10-21(9-12)16(23)11-25-17(24)14-4-6-15(7-5-14)22-19(26)28-18(20-22)27-3/h4-7,12-13H,8-11H2,1-3H3. The molecule has 1 fully saturated rings. The molecule has 1 saturated heterocycles. The van der Waals surface area contributed by atoms with Crippen LogP contribution < -0.4 is 0 Å². The third kappa shape index (κ3) is 5.01. The molecule has 2 aromatic rings. The zero-order valence-electron chi connectivity index (χ0n) is 16.1. The summed E-state index contributed by atoms with van der Waals surface area (Å²) < 4.78 is 8.43. The number of aromatic nitrogens is 2. The fourth-order valence-corrected chi connectivity index (χ4v) is 5.19. The predicted molar refractivity (Wildman–Crippen MR) is 114 cm³/mol. The summed E-state index contributed by atoms with van der Waals surface area (Å²) in [6.45, 7) is 5.50. The van der Waals surface area contributed by atoms with Crippen LogP contribution in [0.25, 0.3) is 5.69 Å². The topological polar surface area (TPSA) is 64.4 Å². The zero-order chi connectivity index (χ0) is 20.3. The van der Waals surface area contributed by atoms with Crippen molar-refractivity contribution in [3.05, 3.63) is 33.8 Å². The zero-order valence-corrected chi connectivity index (χ0v) is 18.5. The lowest BCUT2D eigenvalue weighted by Crippen LogP contribution is -2.44. The van der Waals surface area contributed by atoms with E-state index in [0.29, 0.717) is 21.4 Å². The van der Waals surface area contributed by atoms with Gasteiger partial charge in [-0.05, 0) is 61.0 Å². The number of hydrogen-bond acceptors (Lipinski definition) is 7. The van der Waals surface area contributed by atoms with E-state index in [9.17, 15) is 9.59 Å². The van der Waals surface area contributed by atoms with E-state index in [1.54, 1.807) is 33.8 Å². The van der Waals surface area contributed by atoms with Crippen molar-refractivity contribution in [2.45, 2.75) is 24.6 Å². The highest BCUT2D eigenvalue weighted by atomic mass is 32.2. The molecule has 1 amide bonds. The van der Waals surface area contributed by atoms with E-state index in [-0.39, 0.29) is 12.5 Å². The van der Waals surface area contributed by atoms with Crippen LogP contribution in [-0.4, -0.2) is 52.5 Å². The van der Waals surface area contributed by atoms with E-state index in [1.165, 1.54) is 23.1 Å². The molecule has 3 rings (SSSR count). The molecule has 0 bridgehead atoms. The van der Waals surface area contributed by atoms with Crippen molar-refractivity contribution in [3.8, 4) is 5.69 Å². The van der Waals surface area contributed by atoms with Crippen LogP contribution in [0, 0.1) is 15.8 Å². The summed E-state index contributed by atoms with van der Waals surface area (Å²) in [5.41, 5.74) is 1.18. The van der Waals surface area contributed by atoms with Gasteiger partial charge in [0.2, 0.25) is 0 Å². The molecule has 1 aromatic heterocycles. The summed E-state index contributed by atoms with van der Waals surface area (Å²) in [7, 11) is 0. The molecule has 2 heterocycles. The van der Waals surface area contributed by atoms with Gasteiger partial charge in [-0.1, -0.05) is 36.9 Å². The molecular weight excluding hydrogens is 414 g/mol. The Balaban J connectivity index is 1.59. The number of likely N-dealkylation sites (tertiary alicyclic amines) is 1.